The van der Waals surface area contributed by atoms with Crippen molar-refractivity contribution in [2.24, 2.45) is 0 Å². The number of carbonyl (C=O) groups is 1. The summed E-state index contributed by atoms with van der Waals surface area (Å²) in [6.45, 7) is 8.08. The van der Waals surface area contributed by atoms with Gasteiger partial charge < -0.3 is 15.1 Å². The number of carbonyl (C=O) groups excluding carboxylic acids is 1. The van der Waals surface area contributed by atoms with E-state index in [0.717, 1.165) is 34.5 Å². The Bertz CT molecular complexity index is 933. The van der Waals surface area contributed by atoms with Crippen LogP contribution in [0.25, 0.3) is 0 Å². The average Bonchev–Trinajstić information content (AvgIpc) is 2.82. The zero-order chi connectivity index (χ0) is 24.7. The van der Waals surface area contributed by atoms with E-state index >= 15 is 0 Å². The van der Waals surface area contributed by atoms with Crippen LogP contribution in [0, 0.1) is 0 Å². The quantitative estimate of drug-likeness (QED) is 0.394. The van der Waals surface area contributed by atoms with Gasteiger partial charge in [0.25, 0.3) is 5.91 Å². The van der Waals surface area contributed by atoms with E-state index in [9.17, 15) is 4.79 Å². The Morgan fingerprint density at radius 2 is 1.74 bits per heavy atom. The van der Waals surface area contributed by atoms with E-state index in [1.54, 1.807) is 11.8 Å². The van der Waals surface area contributed by atoms with Crippen LogP contribution in [0.4, 0.5) is 5.82 Å². The summed E-state index contributed by atoms with van der Waals surface area (Å²) in [6, 6.07) is 10.6. The second kappa shape index (κ2) is 12.0. The molecule has 6 nitrogen and oxygen atoms in total. The van der Waals surface area contributed by atoms with E-state index in [4.69, 9.17) is 9.97 Å². The second-order valence-electron chi connectivity index (χ2n) is 10.6. The maximum atomic E-state index is 12.3. The van der Waals surface area contributed by atoms with E-state index in [2.05, 4.69) is 49.0 Å². The fourth-order valence-electron chi connectivity index (χ4n) is 4.09. The Morgan fingerprint density at radius 3 is 2.35 bits per heavy atom. The third kappa shape index (κ3) is 7.70. The van der Waals surface area contributed by atoms with Crippen molar-refractivity contribution in [2.75, 3.05) is 39.1 Å². The first-order valence-corrected chi connectivity index (χ1v) is 13.4. The minimum Gasteiger partial charge on any atom is -0.357 e. The maximum absolute atomic E-state index is 12.3. The lowest BCUT2D eigenvalue weighted by atomic mass is 9.91. The number of nitrogens with zero attached hydrogens (tertiary/aromatic N) is 4. The van der Waals surface area contributed by atoms with Crippen LogP contribution in [0.5, 0.6) is 0 Å². The molecule has 7 heteroatoms. The van der Waals surface area contributed by atoms with E-state index in [1.165, 1.54) is 32.1 Å². The number of nitrogens with one attached hydrogen (secondary N) is 1. The van der Waals surface area contributed by atoms with Gasteiger partial charge in [0.2, 0.25) is 0 Å². The Balaban J connectivity index is 1.68. The van der Waals surface area contributed by atoms with E-state index < -0.39 is 0 Å². The molecule has 1 aliphatic rings. The molecule has 1 amide bonds. The lowest BCUT2D eigenvalue weighted by molar-refractivity contribution is 0.0951. The predicted octanol–water partition coefficient (Wildman–Crippen LogP) is 5.13. The highest BCUT2D eigenvalue weighted by Gasteiger charge is 2.23. The highest BCUT2D eigenvalue weighted by atomic mass is 32.2. The van der Waals surface area contributed by atoms with Crippen LogP contribution >= 0.6 is 11.8 Å². The Morgan fingerprint density at radius 1 is 1.06 bits per heavy atom. The Kier molecular flexibility index (Phi) is 9.37. The number of thioether (sulfide) groups is 1. The Hall–Kier alpha value is -2.12. The van der Waals surface area contributed by atoms with Gasteiger partial charge in [0.15, 0.2) is 5.16 Å². The number of benzene rings is 1. The van der Waals surface area contributed by atoms with Crippen LogP contribution in [0.15, 0.2) is 35.5 Å². The van der Waals surface area contributed by atoms with Gasteiger partial charge in [-0.1, -0.05) is 63.9 Å². The third-order valence-electron chi connectivity index (χ3n) is 6.37. The molecular weight excluding hydrogens is 442 g/mol. The number of likely N-dealkylation sites (N-methyl/N-ethyl adjacent to an activating group) is 1. The number of amides is 1. The normalized spacial score (nSPS) is 14.9. The van der Waals surface area contributed by atoms with Crippen molar-refractivity contribution in [3.8, 4) is 0 Å². The first-order valence-electron chi connectivity index (χ1n) is 12.4. The maximum Gasteiger partial charge on any atom is 0.251 e. The molecule has 0 bridgehead atoms. The molecule has 1 saturated carbocycles. The highest BCUT2D eigenvalue weighted by Crippen LogP contribution is 2.31. The minimum absolute atomic E-state index is 0.0299. The third-order valence-corrected chi connectivity index (χ3v) is 7.29. The Labute approximate surface area is 209 Å². The van der Waals surface area contributed by atoms with Gasteiger partial charge in [0.1, 0.15) is 5.82 Å². The number of hydrogen-bond acceptors (Lipinski definition) is 6. The smallest absolute Gasteiger partial charge is 0.251 e. The van der Waals surface area contributed by atoms with Gasteiger partial charge in [-0.25, -0.2) is 9.97 Å². The molecule has 0 spiro atoms. The van der Waals surface area contributed by atoms with Crippen molar-refractivity contribution >= 4 is 23.5 Å². The van der Waals surface area contributed by atoms with Gasteiger partial charge >= 0.3 is 0 Å². The number of aromatic nitrogens is 2. The fourth-order valence-corrected chi connectivity index (χ4v) is 4.90. The molecule has 0 radical (unpaired) electrons. The number of anilines is 1. The molecule has 1 aromatic heterocycles. The summed E-state index contributed by atoms with van der Waals surface area (Å²) in [6.07, 6.45) is 6.43. The number of hydrogen-bond donors (Lipinski definition) is 1. The van der Waals surface area contributed by atoms with Gasteiger partial charge in [-0.2, -0.15) is 0 Å². The van der Waals surface area contributed by atoms with E-state index in [-0.39, 0.29) is 11.3 Å². The first kappa shape index (κ1) is 26.5. The first-order chi connectivity index (χ1) is 16.1. The molecule has 186 valence electrons. The van der Waals surface area contributed by atoms with Crippen molar-refractivity contribution in [1.82, 2.24) is 20.2 Å². The van der Waals surface area contributed by atoms with Gasteiger partial charge in [0, 0.05) is 49.0 Å². The molecule has 1 N–H and O–H groups in total. The topological polar surface area (TPSA) is 61.4 Å². The lowest BCUT2D eigenvalue weighted by Gasteiger charge is -2.33. The van der Waals surface area contributed by atoms with Crippen molar-refractivity contribution in [1.29, 1.82) is 0 Å². The monoisotopic (exact) mass is 483 g/mol. The number of rotatable bonds is 9. The fraction of sp³-hybridized carbons (Fsp3) is 0.593. The molecule has 0 saturated heterocycles. The average molecular weight is 484 g/mol. The molecule has 1 heterocycles. The van der Waals surface area contributed by atoms with Crippen LogP contribution in [0.3, 0.4) is 0 Å². The van der Waals surface area contributed by atoms with Crippen LogP contribution in [-0.2, 0) is 11.2 Å². The predicted molar refractivity (Wildman–Crippen MR) is 143 cm³/mol. The zero-order valence-electron chi connectivity index (χ0n) is 21.7. The molecule has 3 rings (SSSR count). The molecule has 2 aromatic rings. The molecule has 0 unspecified atom stereocenters. The molecule has 1 aliphatic carbocycles. The van der Waals surface area contributed by atoms with Crippen LogP contribution in [0.1, 0.15) is 74.5 Å². The van der Waals surface area contributed by atoms with Crippen LogP contribution in [-0.4, -0.2) is 61.0 Å². The molecular formula is C27H41N5OS. The highest BCUT2D eigenvalue weighted by molar-refractivity contribution is 7.98. The van der Waals surface area contributed by atoms with Crippen molar-refractivity contribution in [3.63, 3.8) is 0 Å². The van der Waals surface area contributed by atoms with Gasteiger partial charge in [-0.15, -0.1) is 0 Å². The van der Waals surface area contributed by atoms with Crippen molar-refractivity contribution in [2.45, 2.75) is 75.2 Å². The van der Waals surface area contributed by atoms with Gasteiger partial charge in [-0.05, 0) is 44.6 Å². The molecule has 1 aromatic carbocycles. The SMILES string of the molecule is CN(C)CCNC(=O)c1ccc(CSc2nc(N(C)C3CCCCC3)cc(C(C)(C)C)n2)cc1. The molecule has 1 fully saturated rings. The summed E-state index contributed by atoms with van der Waals surface area (Å²) < 4.78 is 0. The van der Waals surface area contributed by atoms with Crippen molar-refractivity contribution in [3.05, 3.63) is 47.2 Å². The second-order valence-corrected chi connectivity index (χ2v) is 11.5. The van der Waals surface area contributed by atoms with E-state index in [0.29, 0.717) is 18.2 Å². The molecule has 34 heavy (non-hydrogen) atoms. The van der Waals surface area contributed by atoms with Crippen LogP contribution < -0.4 is 10.2 Å². The van der Waals surface area contributed by atoms with E-state index in [1.807, 2.05) is 38.4 Å². The summed E-state index contributed by atoms with van der Waals surface area (Å²) >= 11 is 1.66. The molecule has 0 aliphatic heterocycles. The molecule has 0 atom stereocenters. The van der Waals surface area contributed by atoms with Gasteiger partial charge in [-0.3, -0.25) is 4.79 Å². The van der Waals surface area contributed by atoms with Crippen molar-refractivity contribution < 1.29 is 4.79 Å². The summed E-state index contributed by atoms with van der Waals surface area (Å²) in [4.78, 5) is 26.6. The largest absolute Gasteiger partial charge is 0.357 e. The lowest BCUT2D eigenvalue weighted by Crippen LogP contribution is -2.34. The zero-order valence-corrected chi connectivity index (χ0v) is 22.5. The summed E-state index contributed by atoms with van der Waals surface area (Å²) in [5.41, 5.74) is 2.88. The van der Waals surface area contributed by atoms with Crippen LogP contribution in [0.2, 0.25) is 0 Å². The standard InChI is InChI=1S/C27H41N5OS/c1-27(2,3)23-18-24(32(6)22-10-8-7-9-11-22)30-26(29-23)34-19-20-12-14-21(15-13-20)25(33)28-16-17-31(4)5/h12-15,18,22H,7-11,16-17,19H2,1-6H3,(H,28,33). The van der Waals surface area contributed by atoms with Gasteiger partial charge in [0.05, 0.1) is 5.69 Å². The summed E-state index contributed by atoms with van der Waals surface area (Å²) in [7, 11) is 6.18. The summed E-state index contributed by atoms with van der Waals surface area (Å²) in [5.74, 6) is 1.76. The minimum atomic E-state index is -0.0397. The summed E-state index contributed by atoms with van der Waals surface area (Å²) in [5, 5.41) is 3.78.